The molecule has 0 radical (unpaired) electrons. The molecular weight excluding hydrogens is 534 g/mol. The lowest BCUT2D eigenvalue weighted by Crippen LogP contribution is -2.60. The molecule has 3 N–H and O–H groups in total. The number of carbonyl (C=O) groups excluding carboxylic acids is 2. The average molecular weight is 567 g/mol. The molecule has 1 saturated heterocycles. The molecule has 2 aromatic heterocycles. The highest BCUT2D eigenvalue weighted by Crippen LogP contribution is 2.44. The largest absolute Gasteiger partial charge is 0.391 e. The quantitative estimate of drug-likeness (QED) is 0.398. The fraction of sp³-hybridized carbons (Fsp3) is 0.483. The average Bonchev–Trinajstić information content (AvgIpc) is 3.59. The van der Waals surface area contributed by atoms with Crippen molar-refractivity contribution in [1.82, 2.24) is 30.7 Å². The molecule has 41 heavy (non-hydrogen) atoms. The normalized spacial score (nSPS) is 25.8. The number of hydrogen-bond acceptors (Lipinski definition) is 8. The predicted octanol–water partition coefficient (Wildman–Crippen LogP) is 2.94. The van der Waals surface area contributed by atoms with E-state index in [1.165, 1.54) is 12.1 Å². The first-order chi connectivity index (χ1) is 19.8. The molecule has 3 aliphatic rings. The summed E-state index contributed by atoms with van der Waals surface area (Å²) in [7, 11) is 0. The minimum Gasteiger partial charge on any atom is -0.391 e. The Kier molecular flexibility index (Phi) is 7.52. The fourth-order valence-corrected chi connectivity index (χ4v) is 6.08. The van der Waals surface area contributed by atoms with Crippen LogP contribution in [0.4, 0.5) is 8.78 Å². The van der Waals surface area contributed by atoms with E-state index >= 15 is 0 Å². The molecule has 10 nitrogen and oxygen atoms in total. The molecule has 2 aliphatic carbocycles. The van der Waals surface area contributed by atoms with Gasteiger partial charge in [0, 0.05) is 49.7 Å². The lowest BCUT2D eigenvalue weighted by Gasteiger charge is -2.44. The topological polar surface area (TPSA) is 133 Å². The maximum absolute atomic E-state index is 14.2. The van der Waals surface area contributed by atoms with E-state index in [2.05, 4.69) is 30.7 Å². The van der Waals surface area contributed by atoms with Crippen LogP contribution in [0.15, 0.2) is 47.2 Å². The first-order valence-corrected chi connectivity index (χ1v) is 14.1. The summed E-state index contributed by atoms with van der Waals surface area (Å²) < 4.78 is 32.7. The molecule has 4 atom stereocenters. The smallest absolute Gasteiger partial charge is 0.273 e. The Bertz CT molecular complexity index is 1420. The van der Waals surface area contributed by atoms with Crippen LogP contribution in [0.1, 0.15) is 61.3 Å². The van der Waals surface area contributed by atoms with Crippen molar-refractivity contribution in [3.8, 4) is 11.3 Å². The summed E-state index contributed by atoms with van der Waals surface area (Å²) in [6.45, 7) is 0.976. The standard InChI is InChI=1S/C29H32F2N6O4/c30-17-6-7-18(20(31)14-17)25-15-22(36-41-25)27(40)34-21-8-13-37(23-4-1-2-5-24(23)38)16-19(21)26(39)35-29(9-10-29)28-32-11-3-12-33-28/h3,6-7,11-12,14-15,19,21,23-24,38H,1-2,4-5,8-10,13,16H2,(H,34,40)(H,35,39)/t19-,21-,23-,24-/m0/s1. The third-order valence-corrected chi connectivity index (χ3v) is 8.51. The van der Waals surface area contributed by atoms with Crippen LogP contribution in [-0.2, 0) is 10.3 Å². The van der Waals surface area contributed by atoms with Crippen LogP contribution in [-0.4, -0.2) is 68.2 Å². The number of amides is 2. The van der Waals surface area contributed by atoms with Crippen molar-refractivity contribution in [3.63, 3.8) is 0 Å². The van der Waals surface area contributed by atoms with Crippen molar-refractivity contribution in [1.29, 1.82) is 0 Å². The van der Waals surface area contributed by atoms with Gasteiger partial charge >= 0.3 is 0 Å². The van der Waals surface area contributed by atoms with E-state index in [1.807, 2.05) is 0 Å². The van der Waals surface area contributed by atoms with Crippen LogP contribution >= 0.6 is 0 Å². The predicted molar refractivity (Wildman–Crippen MR) is 142 cm³/mol. The van der Waals surface area contributed by atoms with Gasteiger partial charge in [-0.3, -0.25) is 14.5 Å². The molecule has 2 amide bonds. The lowest BCUT2D eigenvalue weighted by molar-refractivity contribution is -0.130. The Hall–Kier alpha value is -3.77. The van der Waals surface area contributed by atoms with Crippen molar-refractivity contribution in [2.75, 3.05) is 13.1 Å². The van der Waals surface area contributed by atoms with Gasteiger partial charge in [0.1, 0.15) is 11.6 Å². The summed E-state index contributed by atoms with van der Waals surface area (Å²) in [5, 5.41) is 20.6. The van der Waals surface area contributed by atoms with E-state index in [0.717, 1.165) is 50.7 Å². The van der Waals surface area contributed by atoms with Crippen LogP contribution in [0.2, 0.25) is 0 Å². The van der Waals surface area contributed by atoms with Crippen LogP contribution < -0.4 is 10.6 Å². The van der Waals surface area contributed by atoms with Gasteiger partial charge in [0.05, 0.1) is 23.1 Å². The van der Waals surface area contributed by atoms with Crippen molar-refractivity contribution in [3.05, 3.63) is 65.9 Å². The lowest BCUT2D eigenvalue weighted by atomic mass is 9.85. The SMILES string of the molecule is O=C(N[C@H]1CCN([C@H]2CCCC[C@@H]2O)C[C@@H]1C(=O)NC1(c2ncccn2)CC1)c1cc(-c2ccc(F)cc2F)on1. The van der Waals surface area contributed by atoms with Gasteiger partial charge in [-0.25, -0.2) is 18.7 Å². The van der Waals surface area contributed by atoms with Crippen LogP contribution in [0, 0.1) is 17.6 Å². The van der Waals surface area contributed by atoms with E-state index in [9.17, 15) is 23.5 Å². The molecule has 2 saturated carbocycles. The number of aromatic nitrogens is 3. The molecule has 1 aliphatic heterocycles. The van der Waals surface area contributed by atoms with Crippen molar-refractivity contribution in [2.24, 2.45) is 5.92 Å². The number of hydrogen-bond donors (Lipinski definition) is 3. The molecular formula is C29H32F2N6O4. The zero-order chi connectivity index (χ0) is 28.6. The summed E-state index contributed by atoms with van der Waals surface area (Å²) in [6, 6.07) is 5.49. The summed E-state index contributed by atoms with van der Waals surface area (Å²) in [5.74, 6) is -2.41. The summed E-state index contributed by atoms with van der Waals surface area (Å²) in [6.07, 6.45) is 8.36. The van der Waals surface area contributed by atoms with Crippen LogP contribution in [0.3, 0.4) is 0 Å². The Morgan fingerprint density at radius 1 is 1.07 bits per heavy atom. The van der Waals surface area contributed by atoms with E-state index in [4.69, 9.17) is 4.52 Å². The van der Waals surface area contributed by atoms with E-state index in [-0.39, 0.29) is 29.0 Å². The second kappa shape index (κ2) is 11.2. The zero-order valence-electron chi connectivity index (χ0n) is 22.4. The zero-order valence-corrected chi connectivity index (χ0v) is 22.4. The number of nitrogens with zero attached hydrogens (tertiary/aromatic N) is 4. The number of nitrogens with one attached hydrogen (secondary N) is 2. The first kappa shape index (κ1) is 27.4. The van der Waals surface area contributed by atoms with Crippen LogP contribution in [0.5, 0.6) is 0 Å². The molecule has 3 aromatic rings. The Labute approximate surface area is 235 Å². The van der Waals surface area contributed by atoms with Gasteiger partial charge in [-0.1, -0.05) is 18.0 Å². The molecule has 3 fully saturated rings. The van der Waals surface area contributed by atoms with E-state index < -0.39 is 41.1 Å². The highest BCUT2D eigenvalue weighted by molar-refractivity contribution is 5.94. The Morgan fingerprint density at radius 2 is 1.85 bits per heavy atom. The monoisotopic (exact) mass is 566 g/mol. The maximum atomic E-state index is 14.2. The number of piperidine rings is 1. The number of carbonyl (C=O) groups is 2. The molecule has 0 unspecified atom stereocenters. The second-order valence-electron chi connectivity index (χ2n) is 11.2. The van der Waals surface area contributed by atoms with Gasteiger partial charge in [0.15, 0.2) is 17.3 Å². The van der Waals surface area contributed by atoms with Crippen molar-refractivity contribution in [2.45, 2.75) is 68.7 Å². The molecule has 3 heterocycles. The van der Waals surface area contributed by atoms with Crippen molar-refractivity contribution >= 4 is 11.8 Å². The molecule has 216 valence electrons. The fourth-order valence-electron chi connectivity index (χ4n) is 6.08. The van der Waals surface area contributed by atoms with Crippen molar-refractivity contribution < 1.29 is 28.0 Å². The third-order valence-electron chi connectivity index (χ3n) is 8.51. The van der Waals surface area contributed by atoms with Gasteiger partial charge in [-0.15, -0.1) is 0 Å². The molecule has 12 heteroatoms. The third kappa shape index (κ3) is 5.71. The second-order valence-corrected chi connectivity index (χ2v) is 11.2. The molecule has 1 aromatic carbocycles. The maximum Gasteiger partial charge on any atom is 0.273 e. The number of benzene rings is 1. The Morgan fingerprint density at radius 3 is 2.59 bits per heavy atom. The number of aliphatic hydroxyl groups is 1. The number of halogens is 2. The van der Waals surface area contributed by atoms with E-state index in [1.54, 1.807) is 18.5 Å². The number of likely N-dealkylation sites (tertiary alicyclic amines) is 1. The highest BCUT2D eigenvalue weighted by atomic mass is 19.1. The summed E-state index contributed by atoms with van der Waals surface area (Å²) >= 11 is 0. The van der Waals surface area contributed by atoms with Crippen LogP contribution in [0.25, 0.3) is 11.3 Å². The van der Waals surface area contributed by atoms with Gasteiger partial charge in [0.25, 0.3) is 5.91 Å². The Balaban J connectivity index is 1.20. The number of aliphatic hydroxyl groups excluding tert-OH is 1. The van der Waals surface area contributed by atoms with Gasteiger partial charge < -0.3 is 20.3 Å². The van der Waals surface area contributed by atoms with Gasteiger partial charge in [-0.2, -0.15) is 0 Å². The van der Waals surface area contributed by atoms with Gasteiger partial charge in [-0.05, 0) is 50.3 Å². The van der Waals surface area contributed by atoms with Gasteiger partial charge in [0.2, 0.25) is 5.91 Å². The highest BCUT2D eigenvalue weighted by Gasteiger charge is 2.50. The van der Waals surface area contributed by atoms with E-state index in [0.29, 0.717) is 25.3 Å². The summed E-state index contributed by atoms with van der Waals surface area (Å²) in [5.41, 5.74) is -0.725. The molecule has 0 bridgehead atoms. The summed E-state index contributed by atoms with van der Waals surface area (Å²) in [4.78, 5) is 37.9. The molecule has 6 rings (SSSR count). The number of rotatable bonds is 7. The molecule has 0 spiro atoms. The first-order valence-electron chi connectivity index (χ1n) is 14.1. The minimum atomic E-state index is -0.835. The minimum absolute atomic E-state index is 0.0124.